The predicted octanol–water partition coefficient (Wildman–Crippen LogP) is 2.59. The van der Waals surface area contributed by atoms with Gasteiger partial charge in [0.25, 0.3) is 5.56 Å². The first-order valence-corrected chi connectivity index (χ1v) is 9.50. The third-order valence-electron chi connectivity index (χ3n) is 6.41. The molecule has 0 radical (unpaired) electrons. The van der Waals surface area contributed by atoms with E-state index in [1.165, 1.54) is 36.2 Å². The molecular weight excluding hydrogens is 330 g/mol. The second-order valence-electron chi connectivity index (χ2n) is 8.46. The summed E-state index contributed by atoms with van der Waals surface area (Å²) in [5.74, 6) is 2.80. The van der Waals surface area contributed by atoms with Gasteiger partial charge in [0.15, 0.2) is 5.76 Å². The van der Waals surface area contributed by atoms with Gasteiger partial charge < -0.3 is 9.73 Å². The van der Waals surface area contributed by atoms with Gasteiger partial charge in [-0.15, -0.1) is 0 Å². The molecule has 2 aromatic heterocycles. The van der Waals surface area contributed by atoms with E-state index in [1.807, 2.05) is 0 Å². The van der Waals surface area contributed by atoms with Crippen LogP contribution in [0.15, 0.2) is 40.0 Å². The Bertz CT molecular complexity index is 849. The smallest absolute Gasteiger partial charge is 0.254 e. The fraction of sp³-hybridized carbons (Fsp3) is 0.550. The van der Waals surface area contributed by atoms with Crippen molar-refractivity contribution in [2.75, 3.05) is 0 Å². The molecule has 0 unspecified atom stereocenters. The molecule has 0 aliphatic heterocycles. The van der Waals surface area contributed by atoms with E-state index in [-0.39, 0.29) is 23.6 Å². The van der Waals surface area contributed by atoms with Gasteiger partial charge in [-0.05, 0) is 68.4 Å². The van der Waals surface area contributed by atoms with E-state index in [4.69, 9.17) is 4.42 Å². The fourth-order valence-electron chi connectivity index (χ4n) is 5.86. The molecule has 0 aromatic carbocycles. The van der Waals surface area contributed by atoms with E-state index < -0.39 is 0 Å². The minimum absolute atomic E-state index is 0.0199. The van der Waals surface area contributed by atoms with Gasteiger partial charge in [0.05, 0.1) is 12.6 Å². The summed E-state index contributed by atoms with van der Waals surface area (Å²) in [4.78, 5) is 29.2. The van der Waals surface area contributed by atoms with Crippen molar-refractivity contribution < 1.29 is 9.21 Å². The zero-order valence-electron chi connectivity index (χ0n) is 14.7. The number of amides is 1. The minimum Gasteiger partial charge on any atom is -0.463 e. The minimum atomic E-state index is -0.243. The van der Waals surface area contributed by atoms with Gasteiger partial charge in [0.2, 0.25) is 5.91 Å². The maximum atomic E-state index is 12.6. The second kappa shape index (κ2) is 5.83. The molecule has 136 valence electrons. The van der Waals surface area contributed by atoms with Gasteiger partial charge in [-0.3, -0.25) is 14.2 Å². The lowest BCUT2D eigenvalue weighted by Crippen LogP contribution is -2.60. The van der Waals surface area contributed by atoms with E-state index in [2.05, 4.69) is 10.3 Å². The van der Waals surface area contributed by atoms with Crippen LogP contribution in [0.5, 0.6) is 0 Å². The standard InChI is InChI=1S/C20H23N3O3/c24-18(22-20-8-13-4-14(9-20)6-15(5-13)10-20)11-23-12-21-16(7-19(23)25)17-2-1-3-26-17/h1-3,7,12-15H,4-6,8-11H2,(H,22,24). The van der Waals surface area contributed by atoms with E-state index in [1.54, 1.807) is 18.4 Å². The van der Waals surface area contributed by atoms with Crippen molar-refractivity contribution in [3.05, 3.63) is 41.1 Å². The van der Waals surface area contributed by atoms with Crippen LogP contribution in [0.1, 0.15) is 38.5 Å². The van der Waals surface area contributed by atoms with Crippen LogP contribution in [-0.4, -0.2) is 21.0 Å². The highest BCUT2D eigenvalue weighted by Crippen LogP contribution is 2.55. The Labute approximate surface area is 151 Å². The Balaban J connectivity index is 1.30. The molecule has 4 fully saturated rings. The van der Waals surface area contributed by atoms with Gasteiger partial charge >= 0.3 is 0 Å². The summed E-state index contributed by atoms with van der Waals surface area (Å²) in [6.07, 6.45) is 10.3. The molecule has 4 bridgehead atoms. The van der Waals surface area contributed by atoms with E-state index in [0.29, 0.717) is 11.5 Å². The molecule has 1 amide bonds. The third kappa shape index (κ3) is 2.77. The lowest BCUT2D eigenvalue weighted by Gasteiger charge is -2.56. The highest BCUT2D eigenvalue weighted by molar-refractivity contribution is 5.76. The van der Waals surface area contributed by atoms with Gasteiger partial charge in [0, 0.05) is 11.6 Å². The summed E-state index contributed by atoms with van der Waals surface area (Å²) in [5.41, 5.74) is 0.210. The van der Waals surface area contributed by atoms with Crippen LogP contribution < -0.4 is 10.9 Å². The number of rotatable bonds is 4. The summed E-state index contributed by atoms with van der Waals surface area (Å²) in [6, 6.07) is 4.92. The number of hydrogen-bond donors (Lipinski definition) is 1. The first kappa shape index (κ1) is 15.9. The van der Waals surface area contributed by atoms with Gasteiger partial charge in [0.1, 0.15) is 12.2 Å². The first-order chi connectivity index (χ1) is 12.6. The van der Waals surface area contributed by atoms with E-state index >= 15 is 0 Å². The fourth-order valence-corrected chi connectivity index (χ4v) is 5.86. The Kier molecular flexibility index (Phi) is 3.55. The first-order valence-electron chi connectivity index (χ1n) is 9.50. The molecule has 2 heterocycles. The number of furan rings is 1. The molecule has 6 heteroatoms. The molecule has 0 spiro atoms. The zero-order valence-corrected chi connectivity index (χ0v) is 14.7. The molecule has 6 nitrogen and oxygen atoms in total. The number of hydrogen-bond acceptors (Lipinski definition) is 4. The van der Waals surface area contributed by atoms with E-state index in [9.17, 15) is 9.59 Å². The Morgan fingerprint density at radius 3 is 2.50 bits per heavy atom. The van der Waals surface area contributed by atoms with Gasteiger partial charge in [-0.25, -0.2) is 4.98 Å². The summed E-state index contributed by atoms with van der Waals surface area (Å²) in [7, 11) is 0. The van der Waals surface area contributed by atoms with Crippen LogP contribution in [0.3, 0.4) is 0 Å². The van der Waals surface area contributed by atoms with Crippen molar-refractivity contribution in [1.29, 1.82) is 0 Å². The highest BCUT2D eigenvalue weighted by Gasteiger charge is 2.51. The van der Waals surface area contributed by atoms with Crippen LogP contribution >= 0.6 is 0 Å². The van der Waals surface area contributed by atoms with Crippen LogP contribution in [-0.2, 0) is 11.3 Å². The van der Waals surface area contributed by atoms with Crippen LogP contribution in [0.4, 0.5) is 0 Å². The summed E-state index contributed by atoms with van der Waals surface area (Å²) in [6.45, 7) is 0.0199. The SMILES string of the molecule is O=C(Cn1cnc(-c2ccco2)cc1=O)NC12CC3CC(CC(C3)C1)C2. The normalized spacial score (nSPS) is 31.9. The molecule has 6 rings (SSSR count). The highest BCUT2D eigenvalue weighted by atomic mass is 16.3. The van der Waals surface area contributed by atoms with Crippen molar-refractivity contribution in [1.82, 2.24) is 14.9 Å². The number of carbonyl (C=O) groups is 1. The largest absolute Gasteiger partial charge is 0.463 e. The molecule has 4 saturated carbocycles. The molecule has 1 N–H and O–H groups in total. The quantitative estimate of drug-likeness (QED) is 0.916. The van der Waals surface area contributed by atoms with Crippen molar-refractivity contribution in [3.63, 3.8) is 0 Å². The third-order valence-corrected chi connectivity index (χ3v) is 6.41. The number of nitrogens with one attached hydrogen (secondary N) is 1. The average molecular weight is 353 g/mol. The topological polar surface area (TPSA) is 77.1 Å². The van der Waals surface area contributed by atoms with Crippen LogP contribution in [0.2, 0.25) is 0 Å². The molecule has 26 heavy (non-hydrogen) atoms. The van der Waals surface area contributed by atoms with Crippen molar-refractivity contribution in [3.8, 4) is 11.5 Å². The van der Waals surface area contributed by atoms with Gasteiger partial charge in [-0.2, -0.15) is 0 Å². The molecule has 0 atom stereocenters. The van der Waals surface area contributed by atoms with E-state index in [0.717, 1.165) is 37.0 Å². The summed E-state index contributed by atoms with van der Waals surface area (Å²) >= 11 is 0. The lowest BCUT2D eigenvalue weighted by atomic mass is 9.53. The predicted molar refractivity (Wildman–Crippen MR) is 95.2 cm³/mol. The van der Waals surface area contributed by atoms with Gasteiger partial charge in [-0.1, -0.05) is 0 Å². The molecule has 0 saturated heterocycles. The zero-order chi connectivity index (χ0) is 17.7. The monoisotopic (exact) mass is 353 g/mol. The Morgan fingerprint density at radius 1 is 1.23 bits per heavy atom. The molecule has 2 aromatic rings. The molecule has 4 aliphatic carbocycles. The van der Waals surface area contributed by atoms with Crippen molar-refractivity contribution >= 4 is 5.91 Å². The number of aromatic nitrogens is 2. The number of nitrogens with zero attached hydrogens (tertiary/aromatic N) is 2. The second-order valence-corrected chi connectivity index (χ2v) is 8.46. The Hall–Kier alpha value is -2.37. The van der Waals surface area contributed by atoms with Crippen molar-refractivity contribution in [2.24, 2.45) is 17.8 Å². The van der Waals surface area contributed by atoms with Crippen molar-refractivity contribution in [2.45, 2.75) is 50.6 Å². The summed E-state index contributed by atoms with van der Waals surface area (Å²) < 4.78 is 6.63. The average Bonchev–Trinajstić information content (AvgIpc) is 3.09. The molecular formula is C20H23N3O3. The Morgan fingerprint density at radius 2 is 1.92 bits per heavy atom. The van der Waals surface area contributed by atoms with Crippen LogP contribution in [0, 0.1) is 17.8 Å². The lowest BCUT2D eigenvalue weighted by molar-refractivity contribution is -0.127. The summed E-state index contributed by atoms with van der Waals surface area (Å²) in [5, 5.41) is 3.30. The maximum absolute atomic E-state index is 12.6. The van der Waals surface area contributed by atoms with Crippen LogP contribution in [0.25, 0.3) is 11.5 Å². The molecule has 4 aliphatic rings. The number of carbonyl (C=O) groups excluding carboxylic acids is 1. The maximum Gasteiger partial charge on any atom is 0.254 e.